The van der Waals surface area contributed by atoms with Gasteiger partial charge in [-0.05, 0) is 54.3 Å². The van der Waals surface area contributed by atoms with Gasteiger partial charge in [0, 0.05) is 16.9 Å². The predicted octanol–water partition coefficient (Wildman–Crippen LogP) is 5.95. The zero-order valence-electron chi connectivity index (χ0n) is 18.8. The van der Waals surface area contributed by atoms with E-state index in [1.165, 1.54) is 0 Å². The summed E-state index contributed by atoms with van der Waals surface area (Å²) >= 11 is 0. The molecule has 0 unspecified atom stereocenters. The Kier molecular flexibility index (Phi) is 6.16. The molecule has 1 fully saturated rings. The fourth-order valence-corrected chi connectivity index (χ4v) is 5.59. The van der Waals surface area contributed by atoms with Crippen molar-refractivity contribution in [2.45, 2.75) is 37.0 Å². The van der Waals surface area contributed by atoms with Gasteiger partial charge in [-0.3, -0.25) is 4.79 Å². The molecule has 4 aromatic rings. The Morgan fingerprint density at radius 1 is 0.765 bits per heavy atom. The molecule has 3 aromatic carbocycles. The van der Waals surface area contributed by atoms with E-state index >= 15 is 0 Å². The molecule has 0 atom stereocenters. The molecule has 34 heavy (non-hydrogen) atoms. The summed E-state index contributed by atoms with van der Waals surface area (Å²) in [5.74, 6) is -0.603. The van der Waals surface area contributed by atoms with Crippen LogP contribution in [0.15, 0.2) is 89.8 Å². The van der Waals surface area contributed by atoms with E-state index in [2.05, 4.69) is 10.8 Å². The quantitative estimate of drug-likeness (QED) is 0.391. The van der Waals surface area contributed by atoms with Crippen molar-refractivity contribution in [2.24, 2.45) is 5.92 Å². The zero-order chi connectivity index (χ0) is 23.5. The second-order valence-corrected chi connectivity index (χ2v) is 10.5. The minimum atomic E-state index is -3.89. The van der Waals surface area contributed by atoms with Crippen LogP contribution in [0.3, 0.4) is 0 Å². The van der Waals surface area contributed by atoms with Crippen LogP contribution >= 0.6 is 0 Å². The van der Waals surface area contributed by atoms with Gasteiger partial charge in [0.2, 0.25) is 5.91 Å². The van der Waals surface area contributed by atoms with Crippen LogP contribution in [0.4, 0.5) is 0 Å². The molecule has 5 nitrogen and oxygen atoms in total. The summed E-state index contributed by atoms with van der Waals surface area (Å²) in [6, 6.07) is 26.7. The molecule has 0 aliphatic heterocycles. The maximum Gasteiger partial charge on any atom is 0.264 e. The predicted molar refractivity (Wildman–Crippen MR) is 135 cm³/mol. The number of pyridine rings is 1. The van der Waals surface area contributed by atoms with Crippen molar-refractivity contribution in [3.8, 4) is 22.4 Å². The molecule has 1 aromatic heterocycles. The first-order chi connectivity index (χ1) is 16.5. The number of amides is 1. The van der Waals surface area contributed by atoms with Crippen LogP contribution in [-0.4, -0.2) is 19.3 Å². The van der Waals surface area contributed by atoms with E-state index in [0.717, 1.165) is 65.4 Å². The van der Waals surface area contributed by atoms with Gasteiger partial charge in [-0.25, -0.2) is 18.1 Å². The van der Waals surface area contributed by atoms with Crippen LogP contribution in [0.2, 0.25) is 0 Å². The third kappa shape index (κ3) is 4.73. The lowest BCUT2D eigenvalue weighted by atomic mass is 9.89. The first kappa shape index (κ1) is 22.3. The standard InChI is InChI=1S/C28H26N2O3S/c31-28(22-8-2-1-3-9-22)30-34(32,33)25-16-13-20(14-17-25)23-10-6-11-24(19-23)27-18-15-21-7-4-5-12-26(21)29-27/h4-7,10-19,22H,1-3,8-9H2,(H,30,31). The van der Waals surface area contributed by atoms with Gasteiger partial charge < -0.3 is 0 Å². The number of nitrogens with zero attached hydrogens (tertiary/aromatic N) is 1. The van der Waals surface area contributed by atoms with Crippen molar-refractivity contribution in [3.63, 3.8) is 0 Å². The number of fused-ring (bicyclic) bond motifs is 1. The van der Waals surface area contributed by atoms with Crippen molar-refractivity contribution < 1.29 is 13.2 Å². The lowest BCUT2D eigenvalue weighted by Gasteiger charge is -2.20. The van der Waals surface area contributed by atoms with Crippen molar-refractivity contribution in [1.29, 1.82) is 0 Å². The molecular weight excluding hydrogens is 444 g/mol. The van der Waals surface area contributed by atoms with Crippen LogP contribution in [0.25, 0.3) is 33.3 Å². The number of carbonyl (C=O) groups is 1. The first-order valence-electron chi connectivity index (χ1n) is 11.6. The number of hydrogen-bond acceptors (Lipinski definition) is 4. The summed E-state index contributed by atoms with van der Waals surface area (Å²) in [6.45, 7) is 0. The van der Waals surface area contributed by atoms with E-state index in [1.807, 2.05) is 54.6 Å². The molecule has 0 saturated heterocycles. The smallest absolute Gasteiger partial charge is 0.264 e. The summed E-state index contributed by atoms with van der Waals surface area (Å²) in [6.07, 6.45) is 4.56. The third-order valence-electron chi connectivity index (χ3n) is 6.47. The Morgan fingerprint density at radius 2 is 1.50 bits per heavy atom. The molecule has 1 N–H and O–H groups in total. The molecule has 1 amide bonds. The highest BCUT2D eigenvalue weighted by Gasteiger charge is 2.26. The third-order valence-corrected chi connectivity index (χ3v) is 7.83. The van der Waals surface area contributed by atoms with Crippen LogP contribution in [0, 0.1) is 5.92 Å². The van der Waals surface area contributed by atoms with Crippen molar-refractivity contribution in [2.75, 3.05) is 0 Å². The van der Waals surface area contributed by atoms with Crippen molar-refractivity contribution >= 4 is 26.8 Å². The molecule has 172 valence electrons. The van der Waals surface area contributed by atoms with Crippen molar-refractivity contribution in [1.82, 2.24) is 9.71 Å². The highest BCUT2D eigenvalue weighted by Crippen LogP contribution is 2.28. The fraction of sp³-hybridized carbons (Fsp3) is 0.214. The number of hydrogen-bond donors (Lipinski definition) is 1. The van der Waals surface area contributed by atoms with Crippen molar-refractivity contribution in [3.05, 3.63) is 84.9 Å². The van der Waals surface area contributed by atoms with Crippen LogP contribution in [0.5, 0.6) is 0 Å². The Labute approximate surface area is 199 Å². The van der Waals surface area contributed by atoms with Crippen LogP contribution < -0.4 is 4.72 Å². The summed E-state index contributed by atoms with van der Waals surface area (Å²) in [7, 11) is -3.89. The maximum absolute atomic E-state index is 12.7. The lowest BCUT2D eigenvalue weighted by molar-refractivity contribution is -0.124. The number of benzene rings is 3. The number of rotatable bonds is 5. The number of sulfonamides is 1. The zero-order valence-corrected chi connectivity index (χ0v) is 19.6. The van der Waals surface area contributed by atoms with Gasteiger partial charge >= 0.3 is 0 Å². The largest absolute Gasteiger partial charge is 0.274 e. The molecule has 5 rings (SSSR count). The molecule has 1 aliphatic carbocycles. The normalized spacial score (nSPS) is 14.7. The average molecular weight is 471 g/mol. The first-order valence-corrected chi connectivity index (χ1v) is 13.1. The van der Waals surface area contributed by atoms with Gasteiger partial charge in [-0.1, -0.05) is 73.9 Å². The van der Waals surface area contributed by atoms with E-state index in [1.54, 1.807) is 24.3 Å². The summed E-state index contributed by atoms with van der Waals surface area (Å²) in [5, 5.41) is 1.09. The van der Waals surface area contributed by atoms with Gasteiger partial charge in [0.15, 0.2) is 0 Å². The Balaban J connectivity index is 1.36. The minimum Gasteiger partial charge on any atom is -0.274 e. The summed E-state index contributed by atoms with van der Waals surface area (Å²) in [5.41, 5.74) is 4.66. The van der Waals surface area contributed by atoms with Gasteiger partial charge in [-0.15, -0.1) is 0 Å². The van der Waals surface area contributed by atoms with Gasteiger partial charge in [-0.2, -0.15) is 0 Å². The Bertz CT molecular complexity index is 1440. The molecule has 0 spiro atoms. The highest BCUT2D eigenvalue weighted by molar-refractivity contribution is 7.90. The SMILES string of the molecule is O=C(NS(=O)(=O)c1ccc(-c2cccc(-c3ccc4ccccc4n3)c2)cc1)C1CCCCC1. The van der Waals surface area contributed by atoms with Gasteiger partial charge in [0.1, 0.15) is 0 Å². The maximum atomic E-state index is 12.7. The topological polar surface area (TPSA) is 76.1 Å². The highest BCUT2D eigenvalue weighted by atomic mass is 32.2. The number of aromatic nitrogens is 1. The number of carbonyl (C=O) groups excluding carboxylic acids is 1. The average Bonchev–Trinajstić information content (AvgIpc) is 2.89. The van der Waals surface area contributed by atoms with E-state index in [-0.39, 0.29) is 16.7 Å². The molecule has 1 heterocycles. The number of para-hydroxylation sites is 1. The van der Waals surface area contributed by atoms with Crippen LogP contribution in [0.1, 0.15) is 32.1 Å². The molecule has 1 aliphatic rings. The molecule has 1 saturated carbocycles. The second-order valence-electron chi connectivity index (χ2n) is 8.80. The lowest BCUT2D eigenvalue weighted by Crippen LogP contribution is -2.36. The van der Waals surface area contributed by atoms with Gasteiger partial charge in [0.05, 0.1) is 16.1 Å². The second kappa shape index (κ2) is 9.39. The van der Waals surface area contributed by atoms with E-state index < -0.39 is 10.0 Å². The summed E-state index contributed by atoms with van der Waals surface area (Å²) < 4.78 is 27.7. The number of nitrogens with one attached hydrogen (secondary N) is 1. The molecule has 0 bridgehead atoms. The fourth-order valence-electron chi connectivity index (χ4n) is 4.55. The molecule has 6 heteroatoms. The Morgan fingerprint density at radius 3 is 2.29 bits per heavy atom. The molecular formula is C28H26N2O3S. The summed E-state index contributed by atoms with van der Waals surface area (Å²) in [4.78, 5) is 17.3. The van der Waals surface area contributed by atoms with E-state index in [9.17, 15) is 13.2 Å². The Hall–Kier alpha value is -3.51. The van der Waals surface area contributed by atoms with E-state index in [4.69, 9.17) is 4.98 Å². The minimum absolute atomic E-state index is 0.0905. The van der Waals surface area contributed by atoms with Gasteiger partial charge in [0.25, 0.3) is 10.0 Å². The molecule has 0 radical (unpaired) electrons. The van der Waals surface area contributed by atoms with Crippen LogP contribution in [-0.2, 0) is 14.8 Å². The monoisotopic (exact) mass is 470 g/mol. The van der Waals surface area contributed by atoms with E-state index in [0.29, 0.717) is 0 Å².